The van der Waals surface area contributed by atoms with Crippen molar-refractivity contribution in [2.45, 2.75) is 20.8 Å². The monoisotopic (exact) mass is 374 g/mol. The van der Waals surface area contributed by atoms with Gasteiger partial charge in [0.05, 0.1) is 0 Å². The fourth-order valence-corrected chi connectivity index (χ4v) is 2.71. The second kappa shape index (κ2) is 8.39. The van der Waals surface area contributed by atoms with E-state index in [4.69, 9.17) is 4.74 Å². The minimum atomic E-state index is -0.251. The first-order chi connectivity index (χ1) is 13.4. The topological polar surface area (TPSA) is 67.4 Å². The van der Waals surface area contributed by atoms with Gasteiger partial charge in [-0.3, -0.25) is 9.59 Å². The number of carbonyl (C=O) groups excluding carboxylic acids is 2. The van der Waals surface area contributed by atoms with Crippen LogP contribution in [0.4, 0.5) is 11.4 Å². The van der Waals surface area contributed by atoms with Gasteiger partial charge >= 0.3 is 0 Å². The maximum atomic E-state index is 12.5. The van der Waals surface area contributed by atoms with Crippen molar-refractivity contribution in [2.75, 3.05) is 10.6 Å². The van der Waals surface area contributed by atoms with Crippen molar-refractivity contribution < 1.29 is 14.3 Å². The summed E-state index contributed by atoms with van der Waals surface area (Å²) in [6, 6.07) is 20.2. The van der Waals surface area contributed by atoms with Gasteiger partial charge in [-0.05, 0) is 73.5 Å². The first-order valence-electron chi connectivity index (χ1n) is 8.95. The highest BCUT2D eigenvalue weighted by molar-refractivity contribution is 6.05. The Kier molecular flexibility index (Phi) is 5.75. The average Bonchev–Trinajstić information content (AvgIpc) is 2.65. The van der Waals surface area contributed by atoms with E-state index in [9.17, 15) is 9.59 Å². The molecule has 28 heavy (non-hydrogen) atoms. The molecule has 0 fully saturated rings. The van der Waals surface area contributed by atoms with Gasteiger partial charge in [0.1, 0.15) is 11.5 Å². The Morgan fingerprint density at radius 2 is 1.57 bits per heavy atom. The molecule has 0 aromatic heterocycles. The lowest BCUT2D eigenvalue weighted by Gasteiger charge is -2.11. The summed E-state index contributed by atoms with van der Waals surface area (Å²) in [4.78, 5) is 23.8. The first kappa shape index (κ1) is 19.2. The molecule has 3 aromatic rings. The number of rotatable bonds is 5. The number of benzene rings is 3. The van der Waals surface area contributed by atoms with Crippen molar-refractivity contribution in [3.63, 3.8) is 0 Å². The summed E-state index contributed by atoms with van der Waals surface area (Å²) >= 11 is 0. The smallest absolute Gasteiger partial charge is 0.255 e. The molecule has 0 saturated heterocycles. The Bertz CT molecular complexity index is 1010. The Labute approximate surface area is 164 Å². The molecule has 5 nitrogen and oxygen atoms in total. The van der Waals surface area contributed by atoms with E-state index >= 15 is 0 Å². The molecule has 3 aromatic carbocycles. The highest BCUT2D eigenvalue weighted by Crippen LogP contribution is 2.24. The van der Waals surface area contributed by atoms with E-state index in [2.05, 4.69) is 10.6 Å². The number of aryl methyl sites for hydroxylation is 2. The molecule has 3 rings (SSSR count). The maximum Gasteiger partial charge on any atom is 0.255 e. The Morgan fingerprint density at radius 1 is 0.821 bits per heavy atom. The number of amides is 2. The van der Waals surface area contributed by atoms with Crippen LogP contribution in [0.2, 0.25) is 0 Å². The molecule has 0 spiro atoms. The summed E-state index contributed by atoms with van der Waals surface area (Å²) in [6.07, 6.45) is 0. The van der Waals surface area contributed by atoms with E-state index in [1.54, 1.807) is 42.5 Å². The lowest BCUT2D eigenvalue weighted by atomic mass is 10.1. The number of hydrogen-bond acceptors (Lipinski definition) is 3. The van der Waals surface area contributed by atoms with Crippen LogP contribution < -0.4 is 15.4 Å². The summed E-state index contributed by atoms with van der Waals surface area (Å²) in [7, 11) is 0. The molecular weight excluding hydrogens is 352 g/mol. The van der Waals surface area contributed by atoms with Gasteiger partial charge in [0.15, 0.2) is 0 Å². The van der Waals surface area contributed by atoms with E-state index in [-0.39, 0.29) is 11.8 Å². The molecule has 5 heteroatoms. The second-order valence-electron chi connectivity index (χ2n) is 6.61. The molecule has 0 unspecified atom stereocenters. The van der Waals surface area contributed by atoms with Gasteiger partial charge in [-0.2, -0.15) is 0 Å². The Morgan fingerprint density at radius 3 is 2.25 bits per heavy atom. The average molecular weight is 374 g/mol. The molecule has 0 saturated carbocycles. The van der Waals surface area contributed by atoms with Crippen molar-refractivity contribution >= 4 is 23.2 Å². The highest BCUT2D eigenvalue weighted by atomic mass is 16.5. The molecule has 0 atom stereocenters. The fraction of sp³-hybridized carbons (Fsp3) is 0.130. The van der Waals surface area contributed by atoms with Crippen LogP contribution in [0.1, 0.15) is 28.4 Å². The fourth-order valence-electron chi connectivity index (χ4n) is 2.71. The first-order valence-corrected chi connectivity index (χ1v) is 8.95. The zero-order valence-corrected chi connectivity index (χ0v) is 16.1. The summed E-state index contributed by atoms with van der Waals surface area (Å²) < 4.78 is 5.82. The van der Waals surface area contributed by atoms with Gasteiger partial charge in [-0.25, -0.2) is 0 Å². The van der Waals surface area contributed by atoms with Crippen LogP contribution in [0.3, 0.4) is 0 Å². The number of nitrogens with one attached hydrogen (secondary N) is 2. The van der Waals surface area contributed by atoms with Gasteiger partial charge in [0, 0.05) is 23.9 Å². The molecule has 0 aliphatic heterocycles. The Hall–Kier alpha value is -3.60. The van der Waals surface area contributed by atoms with Crippen LogP contribution in [-0.2, 0) is 4.79 Å². The Balaban J connectivity index is 1.68. The molecule has 0 aliphatic carbocycles. The quantitative estimate of drug-likeness (QED) is 0.636. The highest BCUT2D eigenvalue weighted by Gasteiger charge is 2.10. The lowest BCUT2D eigenvalue weighted by molar-refractivity contribution is -0.114. The molecule has 0 aliphatic rings. The van der Waals surface area contributed by atoms with Crippen LogP contribution in [0.5, 0.6) is 11.5 Å². The van der Waals surface area contributed by atoms with Gasteiger partial charge in [0.2, 0.25) is 5.91 Å². The van der Waals surface area contributed by atoms with Gasteiger partial charge in [0.25, 0.3) is 5.91 Å². The molecule has 0 radical (unpaired) electrons. The zero-order valence-electron chi connectivity index (χ0n) is 16.1. The number of anilines is 2. The van der Waals surface area contributed by atoms with Crippen molar-refractivity contribution in [3.05, 3.63) is 83.4 Å². The second-order valence-corrected chi connectivity index (χ2v) is 6.61. The van der Waals surface area contributed by atoms with Crippen LogP contribution in [0, 0.1) is 13.8 Å². The van der Waals surface area contributed by atoms with E-state index in [0.29, 0.717) is 22.7 Å². The standard InChI is InChI=1S/C23H22N2O3/c1-15-5-4-6-21(13-15)28-20-11-9-19(10-12-20)25-23(27)18-8-7-16(2)22(14-18)24-17(3)26/h4-14H,1-3H3,(H,24,26)(H,25,27). The van der Waals surface area contributed by atoms with Crippen molar-refractivity contribution in [3.8, 4) is 11.5 Å². The predicted molar refractivity (Wildman–Crippen MR) is 111 cm³/mol. The van der Waals surface area contributed by atoms with E-state index in [0.717, 1.165) is 16.9 Å². The number of hydrogen-bond donors (Lipinski definition) is 2. The van der Waals surface area contributed by atoms with Crippen molar-refractivity contribution in [1.29, 1.82) is 0 Å². The van der Waals surface area contributed by atoms with E-state index in [1.165, 1.54) is 6.92 Å². The van der Waals surface area contributed by atoms with Gasteiger partial charge in [-0.1, -0.05) is 18.2 Å². The molecule has 2 amide bonds. The predicted octanol–water partition coefficient (Wildman–Crippen LogP) is 5.31. The summed E-state index contributed by atoms with van der Waals surface area (Å²) in [5.41, 5.74) is 3.77. The molecule has 0 heterocycles. The summed E-state index contributed by atoms with van der Waals surface area (Å²) in [5, 5.41) is 5.58. The van der Waals surface area contributed by atoms with Crippen molar-refractivity contribution in [1.82, 2.24) is 0 Å². The van der Waals surface area contributed by atoms with Gasteiger partial charge < -0.3 is 15.4 Å². The number of ether oxygens (including phenoxy) is 1. The SMILES string of the molecule is CC(=O)Nc1cc(C(=O)Nc2ccc(Oc3cccc(C)c3)cc2)ccc1C. The van der Waals surface area contributed by atoms with Crippen molar-refractivity contribution in [2.24, 2.45) is 0 Å². The molecule has 0 bridgehead atoms. The lowest BCUT2D eigenvalue weighted by Crippen LogP contribution is -2.13. The molecule has 2 N–H and O–H groups in total. The molecule has 142 valence electrons. The van der Waals surface area contributed by atoms with Crippen LogP contribution >= 0.6 is 0 Å². The van der Waals surface area contributed by atoms with Crippen LogP contribution in [0.15, 0.2) is 66.7 Å². The van der Waals surface area contributed by atoms with E-state index in [1.807, 2.05) is 38.1 Å². The van der Waals surface area contributed by atoms with Crippen LogP contribution in [-0.4, -0.2) is 11.8 Å². The third-order valence-electron chi connectivity index (χ3n) is 4.15. The van der Waals surface area contributed by atoms with Gasteiger partial charge in [-0.15, -0.1) is 0 Å². The third-order valence-corrected chi connectivity index (χ3v) is 4.15. The maximum absolute atomic E-state index is 12.5. The third kappa shape index (κ3) is 4.98. The zero-order chi connectivity index (χ0) is 20.1. The summed E-state index contributed by atoms with van der Waals surface area (Å²) in [6.45, 7) is 5.32. The number of carbonyl (C=O) groups is 2. The molecular formula is C23H22N2O3. The summed E-state index contributed by atoms with van der Waals surface area (Å²) in [5.74, 6) is 1.03. The van der Waals surface area contributed by atoms with E-state index < -0.39 is 0 Å². The van der Waals surface area contributed by atoms with Crippen LogP contribution in [0.25, 0.3) is 0 Å². The minimum absolute atomic E-state index is 0.176. The minimum Gasteiger partial charge on any atom is -0.457 e. The normalized spacial score (nSPS) is 10.2. The largest absolute Gasteiger partial charge is 0.457 e.